The van der Waals surface area contributed by atoms with Gasteiger partial charge in [-0.3, -0.25) is 9.48 Å². The molecule has 16 heavy (non-hydrogen) atoms. The fraction of sp³-hybridized carbons (Fsp3) is 0.167. The lowest BCUT2D eigenvalue weighted by Gasteiger charge is -2.05. The molecule has 2 aromatic rings. The van der Waals surface area contributed by atoms with E-state index in [2.05, 4.69) is 5.10 Å². The third-order valence-corrected chi connectivity index (χ3v) is 2.68. The predicted octanol–water partition coefficient (Wildman–Crippen LogP) is 2.71. The molecule has 0 saturated carbocycles. The van der Waals surface area contributed by atoms with E-state index in [1.807, 2.05) is 25.1 Å². The van der Waals surface area contributed by atoms with E-state index in [4.69, 9.17) is 11.6 Å². The molecule has 2 rings (SSSR count). The average Bonchev–Trinajstić information content (AvgIpc) is 2.70. The Morgan fingerprint density at radius 1 is 1.50 bits per heavy atom. The molecule has 0 bridgehead atoms. The fourth-order valence-corrected chi connectivity index (χ4v) is 1.78. The van der Waals surface area contributed by atoms with E-state index in [9.17, 15) is 4.79 Å². The molecule has 1 heterocycles. The lowest BCUT2D eigenvalue weighted by molar-refractivity contribution is 0.112. The Morgan fingerprint density at radius 3 is 2.94 bits per heavy atom. The summed E-state index contributed by atoms with van der Waals surface area (Å²) in [4.78, 5) is 10.5. The number of aryl methyl sites for hydroxylation is 1. The first kappa shape index (κ1) is 10.9. The van der Waals surface area contributed by atoms with Gasteiger partial charge in [0.05, 0.1) is 18.3 Å². The van der Waals surface area contributed by atoms with E-state index in [1.165, 1.54) is 6.20 Å². The number of benzene rings is 1. The predicted molar refractivity (Wildman–Crippen MR) is 62.9 cm³/mol. The highest BCUT2D eigenvalue weighted by Gasteiger charge is 2.03. The zero-order valence-corrected chi connectivity index (χ0v) is 9.61. The molecule has 82 valence electrons. The average molecular weight is 235 g/mol. The molecule has 3 nitrogen and oxygen atoms in total. The SMILES string of the molecule is Cc1ccc(Cn2cc(C=O)cn2)c(Cl)c1. The largest absolute Gasteiger partial charge is 0.298 e. The maximum Gasteiger partial charge on any atom is 0.153 e. The van der Waals surface area contributed by atoms with Crippen molar-refractivity contribution in [3.63, 3.8) is 0 Å². The van der Waals surface area contributed by atoms with Crippen molar-refractivity contribution in [3.05, 3.63) is 52.3 Å². The fourth-order valence-electron chi connectivity index (χ4n) is 1.48. The highest BCUT2D eigenvalue weighted by Crippen LogP contribution is 2.18. The molecule has 0 spiro atoms. The first-order chi connectivity index (χ1) is 7.69. The monoisotopic (exact) mass is 234 g/mol. The zero-order valence-electron chi connectivity index (χ0n) is 8.85. The number of carbonyl (C=O) groups is 1. The second-order valence-corrected chi connectivity index (χ2v) is 4.09. The van der Waals surface area contributed by atoms with Gasteiger partial charge in [-0.25, -0.2) is 0 Å². The van der Waals surface area contributed by atoms with Crippen LogP contribution in [0, 0.1) is 6.92 Å². The lowest BCUT2D eigenvalue weighted by atomic mass is 10.1. The quantitative estimate of drug-likeness (QED) is 0.766. The number of aldehydes is 1. The molecular weight excluding hydrogens is 224 g/mol. The Labute approximate surface area is 98.7 Å². The van der Waals surface area contributed by atoms with Gasteiger partial charge >= 0.3 is 0 Å². The van der Waals surface area contributed by atoms with E-state index < -0.39 is 0 Å². The van der Waals surface area contributed by atoms with Crippen molar-refractivity contribution in [2.24, 2.45) is 0 Å². The van der Waals surface area contributed by atoms with Crippen molar-refractivity contribution in [2.45, 2.75) is 13.5 Å². The maximum atomic E-state index is 10.5. The molecule has 1 aromatic carbocycles. The van der Waals surface area contributed by atoms with Gasteiger partial charge in [0.15, 0.2) is 6.29 Å². The first-order valence-electron chi connectivity index (χ1n) is 4.91. The molecule has 0 aliphatic carbocycles. The second kappa shape index (κ2) is 4.49. The Kier molecular flexibility index (Phi) is 3.06. The van der Waals surface area contributed by atoms with E-state index >= 15 is 0 Å². The van der Waals surface area contributed by atoms with E-state index in [-0.39, 0.29) is 0 Å². The van der Waals surface area contributed by atoms with Crippen LogP contribution in [0.25, 0.3) is 0 Å². The van der Waals surface area contributed by atoms with Gasteiger partial charge in [0.1, 0.15) is 0 Å². The first-order valence-corrected chi connectivity index (χ1v) is 5.29. The van der Waals surface area contributed by atoms with Gasteiger partial charge in [-0.2, -0.15) is 5.10 Å². The summed E-state index contributed by atoms with van der Waals surface area (Å²) in [7, 11) is 0. The third-order valence-electron chi connectivity index (χ3n) is 2.33. The van der Waals surface area contributed by atoms with Crippen LogP contribution in [0.3, 0.4) is 0 Å². The summed E-state index contributed by atoms with van der Waals surface area (Å²) in [6, 6.07) is 5.90. The minimum absolute atomic E-state index is 0.572. The summed E-state index contributed by atoms with van der Waals surface area (Å²) in [5, 5.41) is 4.80. The number of nitrogens with zero attached hydrogens (tertiary/aromatic N) is 2. The highest BCUT2D eigenvalue weighted by molar-refractivity contribution is 6.31. The molecule has 0 saturated heterocycles. The molecular formula is C12H11ClN2O. The molecule has 0 unspecified atom stereocenters. The Morgan fingerprint density at radius 2 is 2.31 bits per heavy atom. The van der Waals surface area contributed by atoms with Crippen molar-refractivity contribution < 1.29 is 4.79 Å². The molecule has 0 amide bonds. The van der Waals surface area contributed by atoms with Crippen LogP contribution in [0.4, 0.5) is 0 Å². The standard InChI is InChI=1S/C12H11ClN2O/c1-9-2-3-11(12(13)4-9)7-15-6-10(8-16)5-14-15/h2-6,8H,7H2,1H3. The topological polar surface area (TPSA) is 34.9 Å². The normalized spacial score (nSPS) is 10.4. The van der Waals surface area contributed by atoms with Crippen molar-refractivity contribution in [1.29, 1.82) is 0 Å². The highest BCUT2D eigenvalue weighted by atomic mass is 35.5. The number of carbonyl (C=O) groups excluding carboxylic acids is 1. The van der Waals surface area contributed by atoms with Crippen molar-refractivity contribution >= 4 is 17.9 Å². The smallest absolute Gasteiger partial charge is 0.153 e. The van der Waals surface area contributed by atoms with Crippen LogP contribution in [0.1, 0.15) is 21.5 Å². The molecule has 0 aliphatic rings. The van der Waals surface area contributed by atoms with Gasteiger partial charge in [-0.15, -0.1) is 0 Å². The molecule has 0 fully saturated rings. The van der Waals surface area contributed by atoms with Gasteiger partial charge in [-0.1, -0.05) is 23.7 Å². The third kappa shape index (κ3) is 2.31. The van der Waals surface area contributed by atoms with Crippen molar-refractivity contribution in [2.75, 3.05) is 0 Å². The van der Waals surface area contributed by atoms with Crippen molar-refractivity contribution in [1.82, 2.24) is 9.78 Å². The lowest BCUT2D eigenvalue weighted by Crippen LogP contribution is -2.00. The number of hydrogen-bond donors (Lipinski definition) is 0. The van der Waals surface area contributed by atoms with Crippen LogP contribution in [0.15, 0.2) is 30.6 Å². The Balaban J connectivity index is 2.23. The van der Waals surface area contributed by atoms with Crippen LogP contribution >= 0.6 is 11.6 Å². The summed E-state index contributed by atoms with van der Waals surface area (Å²) < 4.78 is 1.69. The molecule has 0 atom stereocenters. The van der Waals surface area contributed by atoms with Gasteiger partial charge in [-0.05, 0) is 24.1 Å². The molecule has 0 aliphatic heterocycles. The Bertz CT molecular complexity index is 519. The van der Waals surface area contributed by atoms with E-state index in [0.29, 0.717) is 12.1 Å². The molecule has 0 N–H and O–H groups in total. The van der Waals surface area contributed by atoms with Crippen molar-refractivity contribution in [3.8, 4) is 0 Å². The van der Waals surface area contributed by atoms with Crippen LogP contribution < -0.4 is 0 Å². The van der Waals surface area contributed by atoms with Gasteiger partial charge in [0, 0.05) is 11.2 Å². The summed E-state index contributed by atoms with van der Waals surface area (Å²) >= 11 is 6.11. The van der Waals surface area contributed by atoms with E-state index in [1.54, 1.807) is 10.9 Å². The molecule has 4 heteroatoms. The minimum atomic E-state index is 0.572. The van der Waals surface area contributed by atoms with Crippen LogP contribution in [0.5, 0.6) is 0 Å². The van der Waals surface area contributed by atoms with Crippen LogP contribution in [-0.2, 0) is 6.54 Å². The number of rotatable bonds is 3. The number of halogens is 1. The summed E-state index contributed by atoms with van der Waals surface area (Å²) in [5.74, 6) is 0. The Hall–Kier alpha value is -1.61. The second-order valence-electron chi connectivity index (χ2n) is 3.68. The summed E-state index contributed by atoms with van der Waals surface area (Å²) in [6.07, 6.45) is 4.01. The minimum Gasteiger partial charge on any atom is -0.298 e. The van der Waals surface area contributed by atoms with Crippen LogP contribution in [-0.4, -0.2) is 16.1 Å². The molecule has 1 aromatic heterocycles. The molecule has 0 radical (unpaired) electrons. The van der Waals surface area contributed by atoms with Crippen LogP contribution in [0.2, 0.25) is 5.02 Å². The van der Waals surface area contributed by atoms with Gasteiger partial charge < -0.3 is 0 Å². The maximum absolute atomic E-state index is 10.5. The summed E-state index contributed by atoms with van der Waals surface area (Å²) in [5.41, 5.74) is 2.69. The number of hydrogen-bond acceptors (Lipinski definition) is 2. The zero-order chi connectivity index (χ0) is 11.5. The van der Waals surface area contributed by atoms with Gasteiger partial charge in [0.2, 0.25) is 0 Å². The summed E-state index contributed by atoms with van der Waals surface area (Å²) in [6.45, 7) is 2.57. The van der Waals surface area contributed by atoms with Gasteiger partial charge in [0.25, 0.3) is 0 Å². The van der Waals surface area contributed by atoms with E-state index in [0.717, 1.165) is 22.4 Å². The number of aromatic nitrogens is 2.